The number of aromatic amines is 1. The lowest BCUT2D eigenvalue weighted by Crippen LogP contribution is -2.03. The second-order valence-corrected chi connectivity index (χ2v) is 8.44. The lowest BCUT2D eigenvalue weighted by atomic mass is 9.96. The standard InChI is InChI=1S/C24H24N4OS/c1-4-5-19(13-24-25-27-28-26-24)18-7-9-20(10-8-18)29-14-17-6-11-23-21(12-17)22(15-30-23)16(2)3/h6-12,15-16,19H,13-14H2,1-3H3,(H,25,26,27,28)/t19-/m0/s1. The molecular weight excluding hydrogens is 392 g/mol. The Kier molecular flexibility index (Phi) is 6.10. The Morgan fingerprint density at radius 3 is 2.67 bits per heavy atom. The van der Waals surface area contributed by atoms with Crippen LogP contribution in [-0.2, 0) is 13.0 Å². The largest absolute Gasteiger partial charge is 0.489 e. The normalized spacial score (nSPS) is 12.0. The molecule has 0 saturated heterocycles. The molecular formula is C24H24N4OS. The fourth-order valence-corrected chi connectivity index (χ4v) is 4.58. The number of benzene rings is 2. The van der Waals surface area contributed by atoms with E-state index in [1.54, 1.807) is 0 Å². The maximum Gasteiger partial charge on any atom is 0.150 e. The SMILES string of the molecule is CC#C[C@@H](Cc1nnn[nH]1)c1ccc(OCc2ccc3scc(C(C)C)c3c2)cc1. The Labute approximate surface area is 180 Å². The van der Waals surface area contributed by atoms with Crippen molar-refractivity contribution in [2.24, 2.45) is 0 Å². The molecule has 0 radical (unpaired) electrons. The van der Waals surface area contributed by atoms with Crippen molar-refractivity contribution in [2.75, 3.05) is 0 Å². The minimum absolute atomic E-state index is 0.0363. The summed E-state index contributed by atoms with van der Waals surface area (Å²) in [5.41, 5.74) is 3.71. The van der Waals surface area contributed by atoms with Crippen LogP contribution in [0.3, 0.4) is 0 Å². The molecule has 0 aliphatic heterocycles. The first-order chi connectivity index (χ1) is 14.6. The highest BCUT2D eigenvalue weighted by Gasteiger charge is 2.13. The predicted octanol–water partition coefficient (Wildman–Crippen LogP) is 5.47. The molecule has 6 heteroatoms. The van der Waals surface area contributed by atoms with Gasteiger partial charge in [0.05, 0.1) is 5.92 Å². The number of nitrogens with zero attached hydrogens (tertiary/aromatic N) is 3. The Balaban J connectivity index is 1.45. The Morgan fingerprint density at radius 1 is 1.13 bits per heavy atom. The summed E-state index contributed by atoms with van der Waals surface area (Å²) in [6.45, 7) is 6.87. The third-order valence-electron chi connectivity index (χ3n) is 5.08. The van der Waals surface area contributed by atoms with E-state index in [-0.39, 0.29) is 5.92 Å². The number of fused-ring (bicyclic) bond motifs is 1. The summed E-state index contributed by atoms with van der Waals surface area (Å²) in [4.78, 5) is 0. The predicted molar refractivity (Wildman–Crippen MR) is 121 cm³/mol. The zero-order valence-electron chi connectivity index (χ0n) is 17.3. The number of aromatic nitrogens is 4. The first-order valence-electron chi connectivity index (χ1n) is 10.0. The average Bonchev–Trinajstić information content (AvgIpc) is 3.42. The van der Waals surface area contributed by atoms with Gasteiger partial charge in [0.2, 0.25) is 0 Å². The second kappa shape index (κ2) is 9.10. The van der Waals surface area contributed by atoms with E-state index in [1.807, 2.05) is 30.4 Å². The molecule has 0 bridgehead atoms. The fraction of sp³-hybridized carbons (Fsp3) is 0.292. The number of hydrogen-bond donors (Lipinski definition) is 1. The van der Waals surface area contributed by atoms with Crippen molar-refractivity contribution in [2.45, 2.75) is 45.6 Å². The molecule has 1 N–H and O–H groups in total. The van der Waals surface area contributed by atoms with Crippen molar-refractivity contribution < 1.29 is 4.74 Å². The number of rotatable bonds is 7. The first kappa shape index (κ1) is 20.1. The van der Waals surface area contributed by atoms with Crippen LogP contribution in [0.5, 0.6) is 5.75 Å². The van der Waals surface area contributed by atoms with Gasteiger partial charge in [-0.3, -0.25) is 0 Å². The highest BCUT2D eigenvalue weighted by molar-refractivity contribution is 7.17. The fourth-order valence-electron chi connectivity index (χ4n) is 3.48. The van der Waals surface area contributed by atoms with Gasteiger partial charge in [0.1, 0.15) is 18.2 Å². The zero-order valence-corrected chi connectivity index (χ0v) is 18.2. The van der Waals surface area contributed by atoms with Crippen LogP contribution in [-0.4, -0.2) is 20.6 Å². The van der Waals surface area contributed by atoms with Crippen molar-refractivity contribution >= 4 is 21.4 Å². The molecule has 4 aromatic rings. The Hall–Kier alpha value is -3.17. The molecule has 5 nitrogen and oxygen atoms in total. The van der Waals surface area contributed by atoms with Gasteiger partial charge in [0.15, 0.2) is 0 Å². The third-order valence-corrected chi connectivity index (χ3v) is 6.06. The van der Waals surface area contributed by atoms with Gasteiger partial charge in [-0.2, -0.15) is 0 Å². The smallest absolute Gasteiger partial charge is 0.150 e. The molecule has 1 atom stereocenters. The van der Waals surface area contributed by atoms with Crippen LogP contribution in [0.2, 0.25) is 0 Å². The molecule has 0 saturated carbocycles. The van der Waals surface area contributed by atoms with E-state index in [2.05, 4.69) is 82.0 Å². The van der Waals surface area contributed by atoms with E-state index >= 15 is 0 Å². The number of H-pyrrole nitrogens is 1. The van der Waals surface area contributed by atoms with E-state index in [9.17, 15) is 0 Å². The molecule has 30 heavy (non-hydrogen) atoms. The summed E-state index contributed by atoms with van der Waals surface area (Å²) in [5.74, 6) is 8.37. The lowest BCUT2D eigenvalue weighted by molar-refractivity contribution is 0.306. The Morgan fingerprint density at radius 2 is 1.97 bits per heavy atom. The molecule has 152 valence electrons. The van der Waals surface area contributed by atoms with Gasteiger partial charge < -0.3 is 4.74 Å². The van der Waals surface area contributed by atoms with Gasteiger partial charge in [-0.25, -0.2) is 5.10 Å². The number of ether oxygens (including phenoxy) is 1. The molecule has 2 aromatic carbocycles. The molecule has 0 aliphatic rings. The van der Waals surface area contributed by atoms with Crippen LogP contribution < -0.4 is 4.74 Å². The highest BCUT2D eigenvalue weighted by atomic mass is 32.1. The number of nitrogens with one attached hydrogen (secondary N) is 1. The molecule has 4 rings (SSSR count). The van der Waals surface area contributed by atoms with E-state index in [4.69, 9.17) is 4.74 Å². The summed E-state index contributed by atoms with van der Waals surface area (Å²) >= 11 is 1.81. The van der Waals surface area contributed by atoms with Crippen molar-refractivity contribution in [1.29, 1.82) is 0 Å². The van der Waals surface area contributed by atoms with E-state index in [0.717, 1.165) is 17.1 Å². The van der Waals surface area contributed by atoms with E-state index in [0.29, 0.717) is 18.9 Å². The number of thiophene rings is 1. The van der Waals surface area contributed by atoms with Crippen molar-refractivity contribution in [1.82, 2.24) is 20.6 Å². The van der Waals surface area contributed by atoms with Gasteiger partial charge in [-0.15, -0.1) is 22.4 Å². The first-order valence-corrected chi connectivity index (χ1v) is 10.9. The minimum atomic E-state index is 0.0363. The maximum absolute atomic E-state index is 6.05. The lowest BCUT2D eigenvalue weighted by Gasteiger charge is -2.11. The summed E-state index contributed by atoms with van der Waals surface area (Å²) < 4.78 is 7.38. The minimum Gasteiger partial charge on any atom is -0.489 e. The molecule has 0 spiro atoms. The van der Waals surface area contributed by atoms with Gasteiger partial charge >= 0.3 is 0 Å². The van der Waals surface area contributed by atoms with Crippen LogP contribution in [0, 0.1) is 11.8 Å². The summed E-state index contributed by atoms with van der Waals surface area (Å²) in [5, 5.41) is 17.7. The summed E-state index contributed by atoms with van der Waals surface area (Å²) in [7, 11) is 0. The number of hydrogen-bond acceptors (Lipinski definition) is 5. The van der Waals surface area contributed by atoms with Gasteiger partial charge in [-0.1, -0.05) is 38.0 Å². The quantitative estimate of drug-likeness (QED) is 0.406. The van der Waals surface area contributed by atoms with E-state index in [1.165, 1.54) is 21.2 Å². The summed E-state index contributed by atoms with van der Waals surface area (Å²) in [6, 6.07) is 14.7. The monoisotopic (exact) mass is 416 g/mol. The van der Waals surface area contributed by atoms with Crippen LogP contribution in [0.1, 0.15) is 55.1 Å². The molecule has 0 aliphatic carbocycles. The van der Waals surface area contributed by atoms with Gasteiger partial charge in [0.25, 0.3) is 0 Å². The second-order valence-electron chi connectivity index (χ2n) is 7.53. The zero-order chi connectivity index (χ0) is 20.9. The van der Waals surface area contributed by atoms with Crippen LogP contribution in [0.25, 0.3) is 10.1 Å². The van der Waals surface area contributed by atoms with Crippen LogP contribution >= 0.6 is 11.3 Å². The number of tetrazole rings is 1. The third kappa shape index (κ3) is 4.52. The van der Waals surface area contributed by atoms with Crippen molar-refractivity contribution in [3.8, 4) is 17.6 Å². The van der Waals surface area contributed by atoms with E-state index < -0.39 is 0 Å². The van der Waals surface area contributed by atoms with Crippen LogP contribution in [0.15, 0.2) is 47.8 Å². The molecule has 2 aromatic heterocycles. The van der Waals surface area contributed by atoms with Gasteiger partial charge in [0, 0.05) is 11.1 Å². The maximum atomic E-state index is 6.05. The highest BCUT2D eigenvalue weighted by Crippen LogP contribution is 2.32. The van der Waals surface area contributed by atoms with Crippen molar-refractivity contribution in [3.05, 3.63) is 70.4 Å². The molecule has 0 unspecified atom stereocenters. The van der Waals surface area contributed by atoms with Crippen LogP contribution in [0.4, 0.5) is 0 Å². The average molecular weight is 417 g/mol. The van der Waals surface area contributed by atoms with Gasteiger partial charge in [-0.05, 0) is 75.0 Å². The molecule has 0 fully saturated rings. The Bertz CT molecular complexity index is 1170. The summed E-state index contributed by atoms with van der Waals surface area (Å²) in [6.07, 6.45) is 0.646. The molecule has 0 amide bonds. The van der Waals surface area contributed by atoms with Crippen molar-refractivity contribution in [3.63, 3.8) is 0 Å². The molecule has 2 heterocycles. The topological polar surface area (TPSA) is 63.7 Å².